The number of aromatic nitrogens is 3. The van der Waals surface area contributed by atoms with Crippen LogP contribution in [0.5, 0.6) is 0 Å². The summed E-state index contributed by atoms with van der Waals surface area (Å²) in [6, 6.07) is 6.52. The number of nitrogens with one attached hydrogen (secondary N) is 1. The van der Waals surface area contributed by atoms with Crippen molar-refractivity contribution in [3.63, 3.8) is 0 Å². The highest BCUT2D eigenvalue weighted by Gasteiger charge is 2.19. The monoisotopic (exact) mass is 362 g/mol. The molecule has 7 heteroatoms. The standard InChI is InChI=1S/C15H12BrFN4O/c1-8-3-4-10(6-11(8)17)21-13-12(5-9(16)7-19-13)20-14(21)15(22)18-2/h3-7H,1-2H3,(H,18,22). The second-order valence-corrected chi connectivity index (χ2v) is 5.70. The van der Waals surface area contributed by atoms with Crippen LogP contribution in [0.3, 0.4) is 0 Å². The molecule has 0 saturated heterocycles. The maximum atomic E-state index is 13.9. The normalized spacial score (nSPS) is 10.9. The molecule has 0 aliphatic heterocycles. The van der Waals surface area contributed by atoms with E-state index in [1.165, 1.54) is 13.1 Å². The van der Waals surface area contributed by atoms with Crippen molar-refractivity contribution in [3.8, 4) is 5.69 Å². The zero-order chi connectivity index (χ0) is 15.9. The molecule has 0 unspecified atom stereocenters. The Labute approximate surface area is 134 Å². The van der Waals surface area contributed by atoms with Gasteiger partial charge in [0.1, 0.15) is 11.3 Å². The molecular formula is C15H12BrFN4O. The molecule has 0 fully saturated rings. The molecule has 1 N–H and O–H groups in total. The molecule has 2 aromatic heterocycles. The molecule has 2 heterocycles. The van der Waals surface area contributed by atoms with E-state index in [1.54, 1.807) is 35.9 Å². The van der Waals surface area contributed by atoms with Gasteiger partial charge in [0, 0.05) is 17.7 Å². The molecular weight excluding hydrogens is 351 g/mol. The lowest BCUT2D eigenvalue weighted by Crippen LogP contribution is -2.22. The van der Waals surface area contributed by atoms with Crippen LogP contribution in [0.2, 0.25) is 0 Å². The summed E-state index contributed by atoms with van der Waals surface area (Å²) in [5, 5.41) is 2.54. The highest BCUT2D eigenvalue weighted by Crippen LogP contribution is 2.23. The summed E-state index contributed by atoms with van der Waals surface area (Å²) in [4.78, 5) is 20.7. The van der Waals surface area contributed by atoms with E-state index in [0.29, 0.717) is 22.4 Å². The predicted molar refractivity (Wildman–Crippen MR) is 84.7 cm³/mol. The topological polar surface area (TPSA) is 59.8 Å². The van der Waals surface area contributed by atoms with Crippen molar-refractivity contribution in [3.05, 3.63) is 52.1 Å². The highest BCUT2D eigenvalue weighted by molar-refractivity contribution is 9.10. The molecule has 22 heavy (non-hydrogen) atoms. The van der Waals surface area contributed by atoms with Gasteiger partial charge in [-0.15, -0.1) is 0 Å². The first-order valence-electron chi connectivity index (χ1n) is 6.54. The molecule has 1 amide bonds. The molecule has 3 aromatic rings. The molecule has 0 saturated carbocycles. The Morgan fingerprint density at radius 1 is 1.36 bits per heavy atom. The van der Waals surface area contributed by atoms with Crippen LogP contribution in [0.25, 0.3) is 16.9 Å². The third-order valence-corrected chi connectivity index (χ3v) is 3.74. The Hall–Kier alpha value is -2.28. The third kappa shape index (κ3) is 2.37. The predicted octanol–water partition coefficient (Wildman–Crippen LogP) is 2.99. The summed E-state index contributed by atoms with van der Waals surface area (Å²) in [6.07, 6.45) is 1.61. The number of fused-ring (bicyclic) bond motifs is 1. The Morgan fingerprint density at radius 3 is 2.82 bits per heavy atom. The van der Waals surface area contributed by atoms with E-state index in [4.69, 9.17) is 0 Å². The summed E-state index contributed by atoms with van der Waals surface area (Å²) >= 11 is 3.33. The lowest BCUT2D eigenvalue weighted by molar-refractivity contribution is 0.0951. The Balaban J connectivity index is 2.34. The molecule has 0 radical (unpaired) electrons. The number of carbonyl (C=O) groups excluding carboxylic acids is 1. The average Bonchev–Trinajstić information content (AvgIpc) is 2.87. The van der Waals surface area contributed by atoms with Gasteiger partial charge in [-0.1, -0.05) is 6.07 Å². The van der Waals surface area contributed by atoms with E-state index in [-0.39, 0.29) is 17.5 Å². The Kier molecular flexibility index (Phi) is 3.66. The van der Waals surface area contributed by atoms with E-state index < -0.39 is 0 Å². The fraction of sp³-hybridized carbons (Fsp3) is 0.133. The van der Waals surface area contributed by atoms with Crippen LogP contribution < -0.4 is 5.32 Å². The number of pyridine rings is 1. The number of imidazole rings is 1. The van der Waals surface area contributed by atoms with Crippen LogP contribution in [0.1, 0.15) is 16.2 Å². The number of rotatable bonds is 2. The highest BCUT2D eigenvalue weighted by atomic mass is 79.9. The van der Waals surface area contributed by atoms with E-state index >= 15 is 0 Å². The number of aryl methyl sites for hydroxylation is 1. The summed E-state index contributed by atoms with van der Waals surface area (Å²) < 4.78 is 16.2. The van der Waals surface area contributed by atoms with Gasteiger partial charge in [0.2, 0.25) is 5.82 Å². The Bertz CT molecular complexity index is 891. The average molecular weight is 363 g/mol. The fourth-order valence-electron chi connectivity index (χ4n) is 2.17. The minimum absolute atomic E-state index is 0.159. The first-order valence-corrected chi connectivity index (χ1v) is 7.33. The number of amides is 1. The number of benzene rings is 1. The molecule has 0 aliphatic carbocycles. The third-order valence-electron chi connectivity index (χ3n) is 3.31. The number of halogens is 2. The molecule has 3 rings (SSSR count). The fourth-order valence-corrected chi connectivity index (χ4v) is 2.49. The van der Waals surface area contributed by atoms with Crippen molar-refractivity contribution in [2.45, 2.75) is 6.92 Å². The first-order chi connectivity index (χ1) is 10.5. The summed E-state index contributed by atoms with van der Waals surface area (Å²) in [7, 11) is 1.52. The SMILES string of the molecule is CNC(=O)c1nc2cc(Br)cnc2n1-c1ccc(C)c(F)c1. The Morgan fingerprint density at radius 2 is 2.14 bits per heavy atom. The first kappa shape index (κ1) is 14.6. The minimum Gasteiger partial charge on any atom is -0.352 e. The van der Waals surface area contributed by atoms with Crippen LogP contribution in [0.4, 0.5) is 4.39 Å². The molecule has 112 valence electrons. The van der Waals surface area contributed by atoms with Gasteiger partial charge in [-0.3, -0.25) is 9.36 Å². The molecule has 0 atom stereocenters. The molecule has 1 aromatic carbocycles. The lowest BCUT2D eigenvalue weighted by atomic mass is 10.2. The zero-order valence-electron chi connectivity index (χ0n) is 11.9. The van der Waals surface area contributed by atoms with Crippen molar-refractivity contribution < 1.29 is 9.18 Å². The second-order valence-electron chi connectivity index (χ2n) is 4.78. The van der Waals surface area contributed by atoms with E-state index in [1.807, 2.05) is 0 Å². The van der Waals surface area contributed by atoms with E-state index in [0.717, 1.165) is 4.47 Å². The van der Waals surface area contributed by atoms with Crippen LogP contribution in [0.15, 0.2) is 34.9 Å². The van der Waals surface area contributed by atoms with Gasteiger partial charge in [-0.25, -0.2) is 14.4 Å². The van der Waals surface area contributed by atoms with Crippen molar-refractivity contribution in [1.29, 1.82) is 0 Å². The maximum absolute atomic E-state index is 13.9. The molecule has 0 aliphatic rings. The van der Waals surface area contributed by atoms with E-state index in [2.05, 4.69) is 31.2 Å². The molecule has 0 spiro atoms. The molecule has 0 bridgehead atoms. The molecule has 5 nitrogen and oxygen atoms in total. The van der Waals surface area contributed by atoms with Gasteiger partial charge in [-0.2, -0.15) is 0 Å². The van der Waals surface area contributed by atoms with Gasteiger partial charge >= 0.3 is 0 Å². The summed E-state index contributed by atoms with van der Waals surface area (Å²) in [5.41, 5.74) is 2.07. The van der Waals surface area contributed by atoms with Gasteiger partial charge in [0.15, 0.2) is 5.65 Å². The lowest BCUT2D eigenvalue weighted by Gasteiger charge is -2.08. The minimum atomic E-state index is -0.366. The van der Waals surface area contributed by atoms with Gasteiger partial charge < -0.3 is 5.32 Å². The van der Waals surface area contributed by atoms with Crippen LogP contribution in [-0.2, 0) is 0 Å². The smallest absolute Gasteiger partial charge is 0.287 e. The van der Waals surface area contributed by atoms with Crippen LogP contribution in [0, 0.1) is 12.7 Å². The van der Waals surface area contributed by atoms with Crippen molar-refractivity contribution in [2.75, 3.05) is 7.05 Å². The van der Waals surface area contributed by atoms with Crippen molar-refractivity contribution in [1.82, 2.24) is 19.9 Å². The quantitative estimate of drug-likeness (QED) is 0.762. The van der Waals surface area contributed by atoms with Crippen molar-refractivity contribution >= 4 is 33.0 Å². The summed E-state index contributed by atoms with van der Waals surface area (Å²) in [6.45, 7) is 1.68. The maximum Gasteiger partial charge on any atom is 0.287 e. The number of hydrogen-bond donors (Lipinski definition) is 1. The van der Waals surface area contributed by atoms with Crippen LogP contribution in [-0.4, -0.2) is 27.5 Å². The number of hydrogen-bond acceptors (Lipinski definition) is 3. The number of carbonyl (C=O) groups is 1. The number of nitrogens with zero attached hydrogens (tertiary/aromatic N) is 3. The second kappa shape index (κ2) is 5.49. The van der Waals surface area contributed by atoms with Gasteiger partial charge in [-0.05, 0) is 46.6 Å². The zero-order valence-corrected chi connectivity index (χ0v) is 13.5. The van der Waals surface area contributed by atoms with Crippen molar-refractivity contribution in [2.24, 2.45) is 0 Å². The van der Waals surface area contributed by atoms with E-state index in [9.17, 15) is 9.18 Å². The largest absolute Gasteiger partial charge is 0.352 e. The summed E-state index contributed by atoms with van der Waals surface area (Å²) in [5.74, 6) is -0.555. The van der Waals surface area contributed by atoms with Gasteiger partial charge in [0.25, 0.3) is 5.91 Å². The van der Waals surface area contributed by atoms with Gasteiger partial charge in [0.05, 0.1) is 5.69 Å². The van der Waals surface area contributed by atoms with Crippen LogP contribution >= 0.6 is 15.9 Å².